The van der Waals surface area contributed by atoms with E-state index < -0.39 is 0 Å². The van der Waals surface area contributed by atoms with Crippen molar-refractivity contribution in [1.29, 1.82) is 5.41 Å². The Bertz CT molecular complexity index is 159. The molecule has 0 atom stereocenters. The van der Waals surface area contributed by atoms with Crippen molar-refractivity contribution < 1.29 is 0 Å². The summed E-state index contributed by atoms with van der Waals surface area (Å²) in [7, 11) is 0. The second-order valence-corrected chi connectivity index (χ2v) is 2.34. The summed E-state index contributed by atoms with van der Waals surface area (Å²) < 4.78 is 0. The third-order valence-electron chi connectivity index (χ3n) is 1.47. The SMILES string of the molecule is N=C1C#CCCCCC1. The molecule has 0 saturated heterocycles. The molecule has 0 aromatic carbocycles. The topological polar surface area (TPSA) is 23.9 Å². The van der Waals surface area contributed by atoms with Gasteiger partial charge >= 0.3 is 0 Å². The summed E-state index contributed by atoms with van der Waals surface area (Å²) in [5, 5.41) is 7.25. The molecule has 0 spiro atoms. The van der Waals surface area contributed by atoms with Gasteiger partial charge in [-0.2, -0.15) is 0 Å². The molecule has 1 N–H and O–H groups in total. The van der Waals surface area contributed by atoms with Gasteiger partial charge in [0.1, 0.15) is 0 Å². The van der Waals surface area contributed by atoms with E-state index in [0.717, 1.165) is 19.3 Å². The van der Waals surface area contributed by atoms with Crippen molar-refractivity contribution in [1.82, 2.24) is 0 Å². The summed E-state index contributed by atoms with van der Waals surface area (Å²) >= 11 is 0. The molecule has 0 aromatic rings. The van der Waals surface area contributed by atoms with Gasteiger partial charge in [-0.25, -0.2) is 0 Å². The molecule has 1 heteroatoms. The molecule has 0 amide bonds. The third kappa shape index (κ3) is 2.32. The predicted molar refractivity (Wildman–Crippen MR) is 38.6 cm³/mol. The minimum absolute atomic E-state index is 0.620. The van der Waals surface area contributed by atoms with E-state index in [4.69, 9.17) is 5.41 Å². The molecule has 0 aliphatic heterocycles. The minimum Gasteiger partial charge on any atom is -0.296 e. The van der Waals surface area contributed by atoms with Gasteiger partial charge in [0.05, 0.1) is 5.71 Å². The summed E-state index contributed by atoms with van der Waals surface area (Å²) in [6.45, 7) is 0. The van der Waals surface area contributed by atoms with E-state index in [9.17, 15) is 0 Å². The van der Waals surface area contributed by atoms with E-state index in [2.05, 4.69) is 11.8 Å². The lowest BCUT2D eigenvalue weighted by atomic mass is 10.1. The van der Waals surface area contributed by atoms with Crippen LogP contribution in [0.3, 0.4) is 0 Å². The Labute approximate surface area is 56.0 Å². The van der Waals surface area contributed by atoms with Crippen molar-refractivity contribution in [3.8, 4) is 11.8 Å². The molecule has 48 valence electrons. The van der Waals surface area contributed by atoms with E-state index in [1.807, 2.05) is 0 Å². The quantitative estimate of drug-likeness (QED) is 0.474. The van der Waals surface area contributed by atoms with Crippen LogP contribution in [0.1, 0.15) is 32.1 Å². The van der Waals surface area contributed by atoms with Crippen molar-refractivity contribution in [3.05, 3.63) is 0 Å². The second kappa shape index (κ2) is 3.29. The van der Waals surface area contributed by atoms with E-state index in [0.29, 0.717) is 5.71 Å². The normalized spacial score (nSPS) is 19.3. The van der Waals surface area contributed by atoms with Gasteiger partial charge < -0.3 is 0 Å². The average Bonchev–Trinajstić information content (AvgIpc) is 1.79. The van der Waals surface area contributed by atoms with Crippen LogP contribution in [0.4, 0.5) is 0 Å². The summed E-state index contributed by atoms with van der Waals surface area (Å²) in [4.78, 5) is 0. The molecule has 0 saturated carbocycles. The zero-order valence-electron chi connectivity index (χ0n) is 5.54. The van der Waals surface area contributed by atoms with Crippen molar-refractivity contribution in [2.24, 2.45) is 0 Å². The van der Waals surface area contributed by atoms with Crippen molar-refractivity contribution >= 4 is 5.71 Å². The third-order valence-corrected chi connectivity index (χ3v) is 1.47. The highest BCUT2D eigenvalue weighted by Crippen LogP contribution is 2.04. The summed E-state index contributed by atoms with van der Waals surface area (Å²) in [5.41, 5.74) is 0.620. The van der Waals surface area contributed by atoms with Gasteiger partial charge in [0, 0.05) is 6.42 Å². The molecule has 0 unspecified atom stereocenters. The first-order valence-corrected chi connectivity index (χ1v) is 3.46. The molecular weight excluding hydrogens is 110 g/mol. The van der Waals surface area contributed by atoms with Gasteiger partial charge in [-0.1, -0.05) is 18.3 Å². The number of hydrogen-bond acceptors (Lipinski definition) is 1. The molecule has 9 heavy (non-hydrogen) atoms. The smallest absolute Gasteiger partial charge is 0.0809 e. The lowest BCUT2D eigenvalue weighted by Crippen LogP contribution is -1.94. The number of hydrogen-bond donors (Lipinski definition) is 1. The summed E-state index contributed by atoms with van der Waals surface area (Å²) in [5.74, 6) is 5.78. The van der Waals surface area contributed by atoms with Crippen LogP contribution >= 0.6 is 0 Å². The van der Waals surface area contributed by atoms with Gasteiger partial charge in [0.15, 0.2) is 0 Å². The molecule has 1 rings (SSSR count). The fraction of sp³-hybridized carbons (Fsp3) is 0.625. The molecule has 1 nitrogen and oxygen atoms in total. The second-order valence-electron chi connectivity index (χ2n) is 2.34. The van der Waals surface area contributed by atoms with Crippen LogP contribution < -0.4 is 0 Å². The maximum atomic E-state index is 7.25. The number of rotatable bonds is 0. The lowest BCUT2D eigenvalue weighted by molar-refractivity contribution is 0.709. The molecule has 0 bridgehead atoms. The van der Waals surface area contributed by atoms with Gasteiger partial charge in [-0.15, -0.1) is 0 Å². The van der Waals surface area contributed by atoms with E-state index in [-0.39, 0.29) is 0 Å². The first-order chi connectivity index (χ1) is 4.39. The first kappa shape index (κ1) is 6.35. The molecule has 0 aromatic heterocycles. The highest BCUT2D eigenvalue weighted by atomic mass is 14.4. The zero-order chi connectivity index (χ0) is 6.53. The zero-order valence-corrected chi connectivity index (χ0v) is 5.54. The predicted octanol–water partition coefficient (Wildman–Crippen LogP) is 1.97. The van der Waals surface area contributed by atoms with Crippen molar-refractivity contribution in [3.63, 3.8) is 0 Å². The maximum absolute atomic E-state index is 7.25. The lowest BCUT2D eigenvalue weighted by Gasteiger charge is -1.98. The van der Waals surface area contributed by atoms with Gasteiger partial charge in [0.25, 0.3) is 0 Å². The van der Waals surface area contributed by atoms with Gasteiger partial charge in [0.2, 0.25) is 0 Å². The summed E-state index contributed by atoms with van der Waals surface area (Å²) in [6, 6.07) is 0. The fourth-order valence-corrected chi connectivity index (χ4v) is 0.924. The molecule has 1 aliphatic rings. The van der Waals surface area contributed by atoms with E-state index in [1.165, 1.54) is 12.8 Å². The molecule has 0 fully saturated rings. The Morgan fingerprint density at radius 1 is 1.22 bits per heavy atom. The van der Waals surface area contributed by atoms with Gasteiger partial charge in [-0.3, -0.25) is 5.41 Å². The standard InChI is InChI=1S/C8H11N/c9-8-6-4-2-1-3-5-7-8/h9H,1-4,6H2. The highest BCUT2D eigenvalue weighted by molar-refractivity contribution is 5.97. The van der Waals surface area contributed by atoms with Crippen LogP contribution in [0.15, 0.2) is 0 Å². The van der Waals surface area contributed by atoms with E-state index >= 15 is 0 Å². The average molecular weight is 121 g/mol. The van der Waals surface area contributed by atoms with Crippen LogP contribution in [0.5, 0.6) is 0 Å². The Kier molecular flexibility index (Phi) is 2.32. The Hall–Kier alpha value is -0.770. The molecule has 0 heterocycles. The maximum Gasteiger partial charge on any atom is 0.0809 e. The van der Waals surface area contributed by atoms with Gasteiger partial charge in [-0.05, 0) is 19.3 Å². The Balaban J connectivity index is 2.47. The Morgan fingerprint density at radius 3 is 3.00 bits per heavy atom. The van der Waals surface area contributed by atoms with Crippen LogP contribution in [0.25, 0.3) is 0 Å². The van der Waals surface area contributed by atoms with Crippen LogP contribution in [0, 0.1) is 17.3 Å². The Morgan fingerprint density at radius 2 is 2.11 bits per heavy atom. The number of nitrogens with one attached hydrogen (secondary N) is 1. The molecule has 1 aliphatic carbocycles. The van der Waals surface area contributed by atoms with Crippen LogP contribution in [-0.2, 0) is 0 Å². The minimum atomic E-state index is 0.620. The molecular formula is C8H11N. The largest absolute Gasteiger partial charge is 0.296 e. The van der Waals surface area contributed by atoms with Crippen LogP contribution in [0.2, 0.25) is 0 Å². The van der Waals surface area contributed by atoms with Crippen molar-refractivity contribution in [2.45, 2.75) is 32.1 Å². The first-order valence-electron chi connectivity index (χ1n) is 3.46. The highest BCUT2D eigenvalue weighted by Gasteiger charge is 1.95. The fourth-order valence-electron chi connectivity index (χ4n) is 0.924. The van der Waals surface area contributed by atoms with E-state index in [1.54, 1.807) is 0 Å². The van der Waals surface area contributed by atoms with Crippen molar-refractivity contribution in [2.75, 3.05) is 0 Å². The molecule has 0 radical (unpaired) electrons. The monoisotopic (exact) mass is 121 g/mol. The van der Waals surface area contributed by atoms with Crippen LogP contribution in [-0.4, -0.2) is 5.71 Å². The summed E-state index contributed by atoms with van der Waals surface area (Å²) in [6.07, 6.45) is 5.51.